The van der Waals surface area contributed by atoms with E-state index in [0.717, 1.165) is 12.8 Å². The number of rotatable bonds is 23. The Labute approximate surface area is 296 Å². The fourth-order valence-corrected chi connectivity index (χ4v) is 6.22. The van der Waals surface area contributed by atoms with Crippen LogP contribution in [0.25, 0.3) is 0 Å². The lowest BCUT2D eigenvalue weighted by Gasteiger charge is -2.46. The van der Waals surface area contributed by atoms with E-state index in [-0.39, 0.29) is 29.8 Å². The van der Waals surface area contributed by atoms with Gasteiger partial charge in [-0.1, -0.05) is 19.3 Å². The van der Waals surface area contributed by atoms with E-state index >= 15 is 0 Å². The lowest BCUT2D eigenvalue weighted by Crippen LogP contribution is -2.66. The zero-order valence-corrected chi connectivity index (χ0v) is 28.8. The number of carbonyl (C=O) groups excluding carboxylic acids is 5. The summed E-state index contributed by atoms with van der Waals surface area (Å²) in [5.41, 5.74) is 0. The fraction of sp³-hybridized carbons (Fsp3) is 0.794. The summed E-state index contributed by atoms with van der Waals surface area (Å²) in [7, 11) is 0. The maximum atomic E-state index is 12.5. The van der Waals surface area contributed by atoms with Crippen LogP contribution in [0.15, 0.2) is 12.2 Å². The number of amides is 3. The van der Waals surface area contributed by atoms with Crippen LogP contribution >= 0.6 is 0 Å². The van der Waals surface area contributed by atoms with Gasteiger partial charge in [-0.2, -0.15) is 0 Å². The molecule has 51 heavy (non-hydrogen) atoms. The summed E-state index contributed by atoms with van der Waals surface area (Å²) >= 11 is 0. The van der Waals surface area contributed by atoms with Crippen molar-refractivity contribution in [2.24, 2.45) is 0 Å². The summed E-state index contributed by atoms with van der Waals surface area (Å²) in [5, 5.41) is 73.1. The van der Waals surface area contributed by atoms with Crippen LogP contribution in [0, 0.1) is 0 Å². The summed E-state index contributed by atoms with van der Waals surface area (Å²) in [5.74, 6) is -0.812. The summed E-state index contributed by atoms with van der Waals surface area (Å²) in [6.45, 7) is -1.07. The summed E-state index contributed by atoms with van der Waals surface area (Å²) in [6.07, 6.45) is -5.52. The molecular weight excluding hydrogens is 676 g/mol. The van der Waals surface area contributed by atoms with E-state index in [0.29, 0.717) is 77.2 Å². The predicted molar refractivity (Wildman–Crippen MR) is 175 cm³/mol. The van der Waals surface area contributed by atoms with Gasteiger partial charge < -0.3 is 55.3 Å². The number of carbonyl (C=O) groups is 5. The van der Waals surface area contributed by atoms with Crippen LogP contribution in [0.3, 0.4) is 0 Å². The zero-order chi connectivity index (χ0) is 37.5. The molecule has 0 bridgehead atoms. The number of ketones is 2. The molecule has 0 radical (unpaired) electrons. The monoisotopic (exact) mass is 730 g/mol. The van der Waals surface area contributed by atoms with Crippen molar-refractivity contribution in [3.8, 4) is 0 Å². The Kier molecular flexibility index (Phi) is 18.2. The van der Waals surface area contributed by atoms with Gasteiger partial charge in [0.05, 0.1) is 13.2 Å². The van der Waals surface area contributed by atoms with Gasteiger partial charge in [-0.25, -0.2) is 0 Å². The van der Waals surface area contributed by atoms with E-state index < -0.39 is 80.5 Å². The van der Waals surface area contributed by atoms with E-state index in [1.807, 2.05) is 0 Å². The Morgan fingerprint density at radius 1 is 0.627 bits per heavy atom. The fourth-order valence-electron chi connectivity index (χ4n) is 6.22. The molecule has 0 aromatic rings. The molecule has 0 saturated carbocycles. The molecule has 0 unspecified atom stereocenters. The Balaban J connectivity index is 1.22. The summed E-state index contributed by atoms with van der Waals surface area (Å²) in [6, 6.07) is 0. The van der Waals surface area contributed by atoms with Gasteiger partial charge >= 0.3 is 0 Å². The zero-order valence-electron chi connectivity index (χ0n) is 28.8. The number of imide groups is 1. The van der Waals surface area contributed by atoms with Crippen LogP contribution in [-0.2, 0) is 38.2 Å². The molecule has 2 saturated heterocycles. The number of ether oxygens (including phenoxy) is 3. The highest BCUT2D eigenvalue weighted by molar-refractivity contribution is 6.12. The number of hydrogen-bond acceptors (Lipinski definition) is 15. The molecule has 0 aliphatic carbocycles. The minimum atomic E-state index is -1.79. The van der Waals surface area contributed by atoms with Crippen LogP contribution in [0.5, 0.6) is 0 Å². The van der Waals surface area contributed by atoms with Crippen molar-refractivity contribution in [2.75, 3.05) is 19.8 Å². The SMILES string of the molecule is O=C(CCCCCC(=O)CCCCCN1C(=O)C=CC1=O)CCCCCC(=O)N[C@@H]1O[C@H](CO)[C@@H](O[C@@H]2O[C@H](CO)[C@@H](O)[C@H](O)[C@H]2O)[C@H](O)[C@H]1O. The molecule has 17 heteroatoms. The van der Waals surface area contributed by atoms with Gasteiger partial charge in [0.25, 0.3) is 11.8 Å². The highest BCUT2D eigenvalue weighted by Crippen LogP contribution is 2.29. The van der Waals surface area contributed by atoms with Crippen molar-refractivity contribution in [1.82, 2.24) is 10.2 Å². The molecule has 3 aliphatic heterocycles. The first kappa shape index (κ1) is 42.7. The van der Waals surface area contributed by atoms with Gasteiger partial charge in [0.2, 0.25) is 5.91 Å². The maximum absolute atomic E-state index is 12.5. The molecule has 3 heterocycles. The molecule has 8 N–H and O–H groups in total. The van der Waals surface area contributed by atoms with Crippen LogP contribution in [0.4, 0.5) is 0 Å². The molecule has 0 aromatic heterocycles. The first-order valence-corrected chi connectivity index (χ1v) is 17.8. The normalized spacial score (nSPS) is 30.9. The van der Waals surface area contributed by atoms with E-state index in [1.54, 1.807) is 0 Å². The first-order chi connectivity index (χ1) is 24.4. The lowest BCUT2D eigenvalue weighted by atomic mass is 9.96. The van der Waals surface area contributed by atoms with Gasteiger partial charge in [-0.15, -0.1) is 0 Å². The third kappa shape index (κ3) is 13.0. The standard InChI is InChI=1S/C34H54N2O15/c37-18-22-27(44)28(45)31(48)34(50-22)51-32-23(19-38)49-33(30(47)29(32)46)35-24(41)14-8-2-6-12-20(39)10-4-1-5-11-21(40)13-7-3-9-17-36-25(42)15-16-26(36)43/h15-16,22-23,27-34,37-38,44-48H,1-14,17-19H2,(H,35,41)/t22-,23-,27-,28+,29-,30-,31-,32-,33-,34+/m1/s1. The van der Waals surface area contributed by atoms with E-state index in [1.165, 1.54) is 17.1 Å². The minimum absolute atomic E-state index is 0.0504. The third-order valence-electron chi connectivity index (χ3n) is 9.32. The highest BCUT2D eigenvalue weighted by Gasteiger charge is 2.50. The Hall–Kier alpha value is -2.71. The quantitative estimate of drug-likeness (QED) is 0.0428. The van der Waals surface area contributed by atoms with Gasteiger partial charge in [-0.3, -0.25) is 28.9 Å². The molecular formula is C34H54N2O15. The van der Waals surface area contributed by atoms with E-state index in [9.17, 15) is 59.7 Å². The van der Waals surface area contributed by atoms with Crippen LogP contribution < -0.4 is 5.32 Å². The maximum Gasteiger partial charge on any atom is 0.253 e. The number of aliphatic hydroxyl groups is 7. The van der Waals surface area contributed by atoms with Crippen molar-refractivity contribution >= 4 is 29.3 Å². The van der Waals surface area contributed by atoms with E-state index in [2.05, 4.69) is 5.32 Å². The molecule has 17 nitrogen and oxygen atoms in total. The molecule has 3 rings (SSSR count). The Bertz CT molecular complexity index is 1160. The molecule has 290 valence electrons. The van der Waals surface area contributed by atoms with E-state index in [4.69, 9.17) is 14.2 Å². The summed E-state index contributed by atoms with van der Waals surface area (Å²) in [4.78, 5) is 61.1. The largest absolute Gasteiger partial charge is 0.394 e. The third-order valence-corrected chi connectivity index (χ3v) is 9.32. The highest BCUT2D eigenvalue weighted by atomic mass is 16.7. The van der Waals surface area contributed by atoms with Crippen molar-refractivity contribution in [1.29, 1.82) is 0 Å². The lowest BCUT2D eigenvalue weighted by molar-refractivity contribution is -0.343. The average molecular weight is 731 g/mol. The number of unbranched alkanes of at least 4 members (excludes halogenated alkanes) is 6. The number of nitrogens with one attached hydrogen (secondary N) is 1. The van der Waals surface area contributed by atoms with Crippen molar-refractivity contribution in [3.05, 3.63) is 12.2 Å². The molecule has 3 amide bonds. The second-order valence-corrected chi connectivity index (χ2v) is 13.3. The van der Waals surface area contributed by atoms with Crippen LogP contribution in [0.1, 0.15) is 89.9 Å². The first-order valence-electron chi connectivity index (χ1n) is 17.8. The second kappa shape index (κ2) is 21.7. The second-order valence-electron chi connectivity index (χ2n) is 13.3. The molecule has 3 aliphatic rings. The smallest absolute Gasteiger partial charge is 0.253 e. The van der Waals surface area contributed by atoms with Gasteiger partial charge in [0.1, 0.15) is 60.4 Å². The predicted octanol–water partition coefficient (Wildman–Crippen LogP) is -1.75. The van der Waals surface area contributed by atoms with Crippen molar-refractivity contribution < 1.29 is 73.9 Å². The molecule has 0 spiro atoms. The van der Waals surface area contributed by atoms with Crippen molar-refractivity contribution in [3.63, 3.8) is 0 Å². The minimum Gasteiger partial charge on any atom is -0.394 e. The average Bonchev–Trinajstić information content (AvgIpc) is 3.43. The number of aliphatic hydroxyl groups excluding tert-OH is 7. The van der Waals surface area contributed by atoms with Gasteiger partial charge in [0.15, 0.2) is 12.5 Å². The summed E-state index contributed by atoms with van der Waals surface area (Å²) < 4.78 is 16.3. The van der Waals surface area contributed by atoms with Gasteiger partial charge in [0, 0.05) is 50.8 Å². The molecule has 2 fully saturated rings. The van der Waals surface area contributed by atoms with Crippen LogP contribution in [0.2, 0.25) is 0 Å². The molecule has 0 aromatic carbocycles. The Morgan fingerprint density at radius 3 is 1.67 bits per heavy atom. The van der Waals surface area contributed by atoms with Gasteiger partial charge in [-0.05, 0) is 38.5 Å². The number of Topliss-reactive ketones (excluding diaryl/α,β-unsaturated/α-hetero) is 2. The van der Waals surface area contributed by atoms with Crippen molar-refractivity contribution in [2.45, 2.75) is 151 Å². The van der Waals surface area contributed by atoms with Crippen LogP contribution in [-0.4, -0.2) is 151 Å². The molecule has 10 atom stereocenters. The number of nitrogens with zero attached hydrogens (tertiary/aromatic N) is 1. The topological polar surface area (TPSA) is 270 Å². The Morgan fingerprint density at radius 2 is 1.14 bits per heavy atom. The number of hydrogen-bond donors (Lipinski definition) is 8.